The highest BCUT2D eigenvalue weighted by Gasteiger charge is 2.33. The third-order valence-corrected chi connectivity index (χ3v) is 3.83. The number of nitrogens with zero attached hydrogens (tertiary/aromatic N) is 2. The molecule has 3 nitrogen and oxygen atoms in total. The molecule has 2 rings (SSSR count). The van der Waals surface area contributed by atoms with Crippen molar-refractivity contribution < 1.29 is 13.2 Å². The molecule has 7 heteroatoms. The van der Waals surface area contributed by atoms with Gasteiger partial charge < -0.3 is 5.32 Å². The fourth-order valence-corrected chi connectivity index (χ4v) is 2.43. The quantitative estimate of drug-likeness (QED) is 0.875. The van der Waals surface area contributed by atoms with E-state index >= 15 is 0 Å². The maximum Gasteiger partial charge on any atom is 0.417 e. The van der Waals surface area contributed by atoms with Crippen LogP contribution in [0.15, 0.2) is 28.7 Å². The van der Waals surface area contributed by atoms with Crippen LogP contribution in [0.1, 0.15) is 23.9 Å². The summed E-state index contributed by atoms with van der Waals surface area (Å²) in [4.78, 5) is 0. The first kappa shape index (κ1) is 15.9. The van der Waals surface area contributed by atoms with E-state index < -0.39 is 11.7 Å². The Morgan fingerprint density at radius 3 is 2.57 bits per heavy atom. The Kier molecular flexibility index (Phi) is 4.61. The first-order chi connectivity index (χ1) is 9.81. The van der Waals surface area contributed by atoms with Crippen LogP contribution in [-0.4, -0.2) is 9.78 Å². The summed E-state index contributed by atoms with van der Waals surface area (Å²) in [7, 11) is 1.82. The van der Waals surface area contributed by atoms with Crippen molar-refractivity contribution in [1.82, 2.24) is 9.78 Å². The highest BCUT2D eigenvalue weighted by molar-refractivity contribution is 9.10. The van der Waals surface area contributed by atoms with Crippen LogP contribution in [0.3, 0.4) is 0 Å². The average Bonchev–Trinajstić information content (AvgIpc) is 2.77. The van der Waals surface area contributed by atoms with E-state index in [1.807, 2.05) is 20.0 Å². The van der Waals surface area contributed by atoms with Crippen molar-refractivity contribution >= 4 is 21.6 Å². The fourth-order valence-electron chi connectivity index (χ4n) is 1.95. The molecule has 2 aromatic rings. The summed E-state index contributed by atoms with van der Waals surface area (Å²) >= 11 is 2.92. The van der Waals surface area contributed by atoms with Gasteiger partial charge in [-0.1, -0.05) is 22.9 Å². The number of aromatic nitrogens is 2. The lowest BCUT2D eigenvalue weighted by Crippen LogP contribution is -2.09. The van der Waals surface area contributed by atoms with E-state index in [2.05, 4.69) is 26.3 Å². The van der Waals surface area contributed by atoms with Crippen LogP contribution in [-0.2, 0) is 26.2 Å². The van der Waals surface area contributed by atoms with Gasteiger partial charge in [-0.3, -0.25) is 4.68 Å². The van der Waals surface area contributed by atoms with Gasteiger partial charge in [0.2, 0.25) is 0 Å². The molecule has 0 fully saturated rings. The second-order valence-corrected chi connectivity index (χ2v) is 5.50. The van der Waals surface area contributed by atoms with Crippen LogP contribution < -0.4 is 5.32 Å². The minimum Gasteiger partial charge on any atom is -0.379 e. The molecule has 0 radical (unpaired) electrons. The van der Waals surface area contributed by atoms with Gasteiger partial charge in [0.05, 0.1) is 23.5 Å². The zero-order chi connectivity index (χ0) is 15.6. The SMILES string of the molecule is CCc1cc(CNc2ccc(Br)c(C(F)(F)F)c2)n(C)n1. The van der Waals surface area contributed by atoms with Gasteiger partial charge in [0.1, 0.15) is 0 Å². The van der Waals surface area contributed by atoms with Crippen LogP contribution in [0.2, 0.25) is 0 Å². The lowest BCUT2D eigenvalue weighted by atomic mass is 10.2. The van der Waals surface area contributed by atoms with Gasteiger partial charge in [0.15, 0.2) is 0 Å². The summed E-state index contributed by atoms with van der Waals surface area (Å²) in [6.07, 6.45) is -3.55. The van der Waals surface area contributed by atoms with E-state index in [0.29, 0.717) is 12.2 Å². The fraction of sp³-hybridized carbons (Fsp3) is 0.357. The molecular weight excluding hydrogens is 347 g/mol. The molecule has 114 valence electrons. The third kappa shape index (κ3) is 3.78. The topological polar surface area (TPSA) is 29.9 Å². The van der Waals surface area contributed by atoms with Gasteiger partial charge in [0.25, 0.3) is 0 Å². The normalized spacial score (nSPS) is 11.7. The van der Waals surface area contributed by atoms with Crippen molar-refractivity contribution in [3.8, 4) is 0 Å². The van der Waals surface area contributed by atoms with Crippen molar-refractivity contribution in [2.45, 2.75) is 26.1 Å². The predicted octanol–water partition coefficient (Wildman–Crippen LogP) is 4.38. The van der Waals surface area contributed by atoms with E-state index in [1.165, 1.54) is 6.07 Å². The largest absolute Gasteiger partial charge is 0.417 e. The van der Waals surface area contributed by atoms with Crippen molar-refractivity contribution in [2.75, 3.05) is 5.32 Å². The molecule has 0 saturated heterocycles. The molecule has 0 atom stereocenters. The standard InChI is InChI=1S/C14H15BrF3N3/c1-3-9-6-11(21(2)20-9)8-19-10-4-5-13(15)12(7-10)14(16,17)18/h4-7,19H,3,8H2,1-2H3. The molecule has 0 aliphatic heterocycles. The number of halogens is 4. The van der Waals surface area contributed by atoms with Gasteiger partial charge in [-0.25, -0.2) is 0 Å². The molecule has 1 heterocycles. The average molecular weight is 362 g/mol. The summed E-state index contributed by atoms with van der Waals surface area (Å²) in [6.45, 7) is 2.42. The molecule has 1 aromatic carbocycles. The number of rotatable bonds is 4. The lowest BCUT2D eigenvalue weighted by molar-refractivity contribution is -0.138. The highest BCUT2D eigenvalue weighted by atomic mass is 79.9. The molecule has 0 bridgehead atoms. The minimum atomic E-state index is -4.38. The van der Waals surface area contributed by atoms with E-state index in [4.69, 9.17) is 0 Å². The Morgan fingerprint density at radius 2 is 2.00 bits per heavy atom. The number of aryl methyl sites for hydroxylation is 2. The predicted molar refractivity (Wildman–Crippen MR) is 79.1 cm³/mol. The number of benzene rings is 1. The zero-order valence-corrected chi connectivity index (χ0v) is 13.2. The lowest BCUT2D eigenvalue weighted by Gasteiger charge is -2.12. The van der Waals surface area contributed by atoms with E-state index in [0.717, 1.165) is 23.9 Å². The smallest absolute Gasteiger partial charge is 0.379 e. The molecule has 0 aliphatic rings. The van der Waals surface area contributed by atoms with Crippen LogP contribution in [0, 0.1) is 0 Å². The van der Waals surface area contributed by atoms with E-state index in [-0.39, 0.29) is 4.47 Å². The van der Waals surface area contributed by atoms with Gasteiger partial charge >= 0.3 is 6.18 Å². The van der Waals surface area contributed by atoms with Crippen LogP contribution >= 0.6 is 15.9 Å². The molecule has 0 spiro atoms. The Bertz CT molecular complexity index is 635. The molecule has 21 heavy (non-hydrogen) atoms. The zero-order valence-electron chi connectivity index (χ0n) is 11.6. The minimum absolute atomic E-state index is 0.0364. The van der Waals surface area contributed by atoms with Crippen molar-refractivity contribution in [2.24, 2.45) is 7.05 Å². The summed E-state index contributed by atoms with van der Waals surface area (Å²) in [5.74, 6) is 0. The summed E-state index contributed by atoms with van der Waals surface area (Å²) in [5, 5.41) is 7.30. The number of nitrogens with one attached hydrogen (secondary N) is 1. The summed E-state index contributed by atoms with van der Waals surface area (Å²) in [5.41, 5.74) is 1.61. The maximum atomic E-state index is 12.8. The van der Waals surface area contributed by atoms with Crippen molar-refractivity contribution in [1.29, 1.82) is 0 Å². The van der Waals surface area contributed by atoms with Crippen LogP contribution in [0.5, 0.6) is 0 Å². The number of hydrogen-bond donors (Lipinski definition) is 1. The van der Waals surface area contributed by atoms with Gasteiger partial charge in [0, 0.05) is 17.2 Å². The molecule has 0 unspecified atom stereocenters. The monoisotopic (exact) mass is 361 g/mol. The molecule has 1 aromatic heterocycles. The second kappa shape index (κ2) is 6.09. The Labute approximate surface area is 129 Å². The molecule has 0 saturated carbocycles. The molecule has 0 amide bonds. The molecule has 0 aliphatic carbocycles. The van der Waals surface area contributed by atoms with Gasteiger partial charge in [-0.05, 0) is 30.7 Å². The Balaban J connectivity index is 2.15. The van der Waals surface area contributed by atoms with Gasteiger partial charge in [-0.2, -0.15) is 18.3 Å². The van der Waals surface area contributed by atoms with Gasteiger partial charge in [-0.15, -0.1) is 0 Å². The maximum absolute atomic E-state index is 12.8. The van der Waals surface area contributed by atoms with E-state index in [9.17, 15) is 13.2 Å². The van der Waals surface area contributed by atoms with Crippen molar-refractivity contribution in [3.05, 3.63) is 45.7 Å². The molecule has 1 N–H and O–H groups in total. The Morgan fingerprint density at radius 1 is 1.29 bits per heavy atom. The van der Waals surface area contributed by atoms with Crippen LogP contribution in [0.4, 0.5) is 18.9 Å². The van der Waals surface area contributed by atoms with E-state index in [1.54, 1.807) is 10.7 Å². The number of hydrogen-bond acceptors (Lipinski definition) is 2. The van der Waals surface area contributed by atoms with Crippen molar-refractivity contribution in [3.63, 3.8) is 0 Å². The summed E-state index contributed by atoms with van der Waals surface area (Å²) < 4.78 is 40.3. The molecular formula is C14H15BrF3N3. The summed E-state index contributed by atoms with van der Waals surface area (Å²) in [6, 6.07) is 6.04. The number of alkyl halides is 3. The third-order valence-electron chi connectivity index (χ3n) is 3.13. The second-order valence-electron chi connectivity index (χ2n) is 4.65. The first-order valence-electron chi connectivity index (χ1n) is 6.43. The highest BCUT2D eigenvalue weighted by Crippen LogP contribution is 2.36. The number of anilines is 1. The van der Waals surface area contributed by atoms with Crippen LogP contribution in [0.25, 0.3) is 0 Å². The first-order valence-corrected chi connectivity index (χ1v) is 7.23. The Hall–Kier alpha value is -1.50.